The molecule has 0 fully saturated rings. The first-order valence-electron chi connectivity index (χ1n) is 8.64. The van der Waals surface area contributed by atoms with Crippen LogP contribution in [-0.2, 0) is 13.1 Å². The summed E-state index contributed by atoms with van der Waals surface area (Å²) in [5, 5.41) is 0. The van der Waals surface area contributed by atoms with Gasteiger partial charge >= 0.3 is 0 Å². The molecule has 0 aliphatic heterocycles. The Morgan fingerprint density at radius 1 is 1.08 bits per heavy atom. The highest BCUT2D eigenvalue weighted by atomic mass is 19.1. The van der Waals surface area contributed by atoms with E-state index in [-0.39, 0.29) is 5.82 Å². The highest BCUT2D eigenvalue weighted by molar-refractivity contribution is 5.73. The molecule has 0 spiro atoms. The summed E-state index contributed by atoms with van der Waals surface area (Å²) in [7, 11) is 0. The lowest BCUT2D eigenvalue weighted by atomic mass is 10.1. The Bertz CT molecular complexity index is 1050. The number of aromatic nitrogens is 5. The summed E-state index contributed by atoms with van der Waals surface area (Å²) in [6, 6.07) is 6.80. The number of imidazole rings is 2. The zero-order valence-electron chi connectivity index (χ0n) is 14.8. The SMILES string of the molecule is Cc1ccc(F)cc1-c1nccn1CC(C)Cn1cnc2cnccc21. The number of hydrogen-bond donors (Lipinski definition) is 0. The molecule has 3 aromatic heterocycles. The molecule has 0 N–H and O–H groups in total. The summed E-state index contributed by atoms with van der Waals surface area (Å²) < 4.78 is 17.9. The van der Waals surface area contributed by atoms with Crippen LogP contribution in [0.5, 0.6) is 0 Å². The molecule has 6 heteroatoms. The fourth-order valence-electron chi connectivity index (χ4n) is 3.33. The zero-order valence-corrected chi connectivity index (χ0v) is 14.8. The van der Waals surface area contributed by atoms with Crippen molar-refractivity contribution >= 4 is 11.0 Å². The van der Waals surface area contributed by atoms with Crippen molar-refractivity contribution < 1.29 is 4.39 Å². The largest absolute Gasteiger partial charge is 0.331 e. The molecule has 0 aliphatic rings. The van der Waals surface area contributed by atoms with Gasteiger partial charge in [0.25, 0.3) is 0 Å². The number of benzene rings is 1. The number of nitrogens with zero attached hydrogens (tertiary/aromatic N) is 5. The van der Waals surface area contributed by atoms with Crippen molar-refractivity contribution in [3.8, 4) is 11.4 Å². The molecule has 0 saturated carbocycles. The van der Waals surface area contributed by atoms with E-state index < -0.39 is 0 Å². The number of fused-ring (bicyclic) bond motifs is 1. The standard InChI is InChI=1S/C20H20FN5/c1-14(12-26-13-24-18-10-22-6-5-19(18)26)11-25-8-7-23-20(25)17-9-16(21)4-3-15(17)2/h3-10,13-14H,11-12H2,1-2H3. The maximum atomic E-state index is 13.7. The summed E-state index contributed by atoms with van der Waals surface area (Å²) in [6.07, 6.45) is 9.13. The molecular formula is C20H20FN5. The summed E-state index contributed by atoms with van der Waals surface area (Å²) in [5.74, 6) is 0.905. The second-order valence-electron chi connectivity index (χ2n) is 6.73. The van der Waals surface area contributed by atoms with Crippen molar-refractivity contribution in [2.24, 2.45) is 5.92 Å². The minimum absolute atomic E-state index is 0.244. The van der Waals surface area contributed by atoms with Gasteiger partial charge in [0.2, 0.25) is 0 Å². The quantitative estimate of drug-likeness (QED) is 0.545. The van der Waals surface area contributed by atoms with Crippen LogP contribution in [0.25, 0.3) is 22.4 Å². The second kappa shape index (κ2) is 6.71. The summed E-state index contributed by atoms with van der Waals surface area (Å²) >= 11 is 0. The lowest BCUT2D eigenvalue weighted by Crippen LogP contribution is -2.14. The Labute approximate surface area is 151 Å². The maximum absolute atomic E-state index is 13.7. The van der Waals surface area contributed by atoms with Crippen LogP contribution in [0.1, 0.15) is 12.5 Å². The van der Waals surface area contributed by atoms with Crippen molar-refractivity contribution in [1.29, 1.82) is 0 Å². The van der Waals surface area contributed by atoms with Crippen molar-refractivity contribution in [2.75, 3.05) is 0 Å². The van der Waals surface area contributed by atoms with Crippen molar-refractivity contribution in [2.45, 2.75) is 26.9 Å². The van der Waals surface area contributed by atoms with E-state index in [9.17, 15) is 4.39 Å². The van der Waals surface area contributed by atoms with Gasteiger partial charge in [-0.2, -0.15) is 0 Å². The average molecular weight is 349 g/mol. The van der Waals surface area contributed by atoms with Gasteiger partial charge in [-0.3, -0.25) is 4.98 Å². The highest BCUT2D eigenvalue weighted by Crippen LogP contribution is 2.24. The number of pyridine rings is 1. The fraction of sp³-hybridized carbons (Fsp3) is 0.250. The van der Waals surface area contributed by atoms with E-state index in [4.69, 9.17) is 0 Å². The molecule has 4 rings (SSSR count). The Balaban J connectivity index is 1.56. The second-order valence-corrected chi connectivity index (χ2v) is 6.73. The molecule has 0 amide bonds. The molecule has 132 valence electrons. The lowest BCUT2D eigenvalue weighted by molar-refractivity contribution is 0.424. The van der Waals surface area contributed by atoms with Crippen LogP contribution in [0, 0.1) is 18.7 Å². The van der Waals surface area contributed by atoms with E-state index in [2.05, 4.69) is 31.0 Å². The van der Waals surface area contributed by atoms with Gasteiger partial charge in [0, 0.05) is 37.2 Å². The van der Waals surface area contributed by atoms with Crippen molar-refractivity contribution in [1.82, 2.24) is 24.1 Å². The van der Waals surface area contributed by atoms with Crippen LogP contribution in [0.3, 0.4) is 0 Å². The first kappa shape index (κ1) is 16.4. The smallest absolute Gasteiger partial charge is 0.140 e. The normalized spacial score (nSPS) is 12.6. The van der Waals surface area contributed by atoms with Gasteiger partial charge in [-0.25, -0.2) is 14.4 Å². The van der Waals surface area contributed by atoms with Crippen molar-refractivity contribution in [3.63, 3.8) is 0 Å². The third-order valence-electron chi connectivity index (χ3n) is 4.60. The fourth-order valence-corrected chi connectivity index (χ4v) is 3.33. The third-order valence-corrected chi connectivity index (χ3v) is 4.60. The van der Waals surface area contributed by atoms with Crippen LogP contribution in [0.4, 0.5) is 4.39 Å². The third kappa shape index (κ3) is 3.10. The van der Waals surface area contributed by atoms with Gasteiger partial charge in [0.15, 0.2) is 0 Å². The van der Waals surface area contributed by atoms with E-state index in [1.807, 2.05) is 25.5 Å². The topological polar surface area (TPSA) is 48.5 Å². The summed E-state index contributed by atoms with van der Waals surface area (Å²) in [6.45, 7) is 5.79. The molecule has 0 radical (unpaired) electrons. The van der Waals surface area contributed by atoms with Gasteiger partial charge in [-0.1, -0.05) is 13.0 Å². The number of hydrogen-bond acceptors (Lipinski definition) is 3. The Morgan fingerprint density at radius 3 is 2.81 bits per heavy atom. The van der Waals surface area contributed by atoms with Crippen LogP contribution in [0.2, 0.25) is 0 Å². The lowest BCUT2D eigenvalue weighted by Gasteiger charge is -2.16. The first-order chi connectivity index (χ1) is 12.6. The van der Waals surface area contributed by atoms with Gasteiger partial charge in [0.1, 0.15) is 17.2 Å². The minimum Gasteiger partial charge on any atom is -0.331 e. The van der Waals surface area contributed by atoms with Crippen LogP contribution in [0.15, 0.2) is 55.4 Å². The van der Waals surface area contributed by atoms with E-state index in [1.54, 1.807) is 30.7 Å². The first-order valence-corrected chi connectivity index (χ1v) is 8.64. The van der Waals surface area contributed by atoms with Gasteiger partial charge in [0.05, 0.1) is 18.0 Å². The molecule has 1 aromatic carbocycles. The van der Waals surface area contributed by atoms with E-state index in [0.29, 0.717) is 5.92 Å². The Morgan fingerprint density at radius 2 is 1.92 bits per heavy atom. The molecule has 0 saturated heterocycles. The average Bonchev–Trinajstić information content (AvgIpc) is 3.24. The van der Waals surface area contributed by atoms with Crippen LogP contribution in [-0.4, -0.2) is 24.1 Å². The van der Waals surface area contributed by atoms with E-state index >= 15 is 0 Å². The molecule has 0 bridgehead atoms. The predicted molar refractivity (Wildman–Crippen MR) is 99.1 cm³/mol. The van der Waals surface area contributed by atoms with E-state index in [1.165, 1.54) is 6.07 Å². The number of aryl methyl sites for hydroxylation is 1. The maximum Gasteiger partial charge on any atom is 0.140 e. The van der Waals surface area contributed by atoms with Gasteiger partial charge in [-0.15, -0.1) is 0 Å². The number of rotatable bonds is 5. The number of halogens is 1. The predicted octanol–water partition coefficient (Wildman–Crippen LogP) is 4.08. The van der Waals surface area contributed by atoms with Gasteiger partial charge < -0.3 is 9.13 Å². The van der Waals surface area contributed by atoms with Crippen molar-refractivity contribution in [3.05, 3.63) is 66.8 Å². The molecule has 0 aliphatic carbocycles. The minimum atomic E-state index is -0.244. The van der Waals surface area contributed by atoms with Crippen LogP contribution < -0.4 is 0 Å². The molecule has 4 aromatic rings. The van der Waals surface area contributed by atoms with E-state index in [0.717, 1.165) is 41.1 Å². The van der Waals surface area contributed by atoms with Gasteiger partial charge in [-0.05, 0) is 36.6 Å². The Kier molecular flexibility index (Phi) is 4.24. The molecular weight excluding hydrogens is 329 g/mol. The molecule has 26 heavy (non-hydrogen) atoms. The zero-order chi connectivity index (χ0) is 18.1. The highest BCUT2D eigenvalue weighted by Gasteiger charge is 2.13. The summed E-state index contributed by atoms with van der Waals surface area (Å²) in [5.41, 5.74) is 3.83. The molecule has 1 atom stereocenters. The molecule has 3 heterocycles. The monoisotopic (exact) mass is 349 g/mol. The van der Waals surface area contributed by atoms with Crippen LogP contribution >= 0.6 is 0 Å². The summed E-state index contributed by atoms with van der Waals surface area (Å²) in [4.78, 5) is 13.0. The Hall–Kier alpha value is -3.02. The molecule has 5 nitrogen and oxygen atoms in total. The molecule has 1 unspecified atom stereocenters.